The smallest absolute Gasteiger partial charge is 0.428 e. The normalized spacial score (nSPS) is 11.6. The Balaban J connectivity index is 1.98. The number of hydrogen-bond donors (Lipinski definition) is 0. The third-order valence-corrected chi connectivity index (χ3v) is 4.33. The summed E-state index contributed by atoms with van der Waals surface area (Å²) in [6, 6.07) is 9.05. The Morgan fingerprint density at radius 3 is 1.96 bits per heavy atom. The fourth-order valence-corrected chi connectivity index (χ4v) is 2.80. The summed E-state index contributed by atoms with van der Waals surface area (Å²) in [4.78, 5) is 0. The van der Waals surface area contributed by atoms with Crippen LogP contribution in [0, 0.1) is 30.2 Å². The number of ether oxygens (including phenoxy) is 1. The Morgan fingerprint density at radius 1 is 0.821 bits per heavy atom. The molecule has 0 spiro atoms. The Kier molecular flexibility index (Phi) is 5.30. The molecule has 1 nitrogen and oxygen atoms in total. The molecule has 0 amide bonds. The molecule has 3 rings (SSSR count). The van der Waals surface area contributed by atoms with Crippen LogP contribution >= 0.6 is 11.6 Å². The predicted octanol–water partition coefficient (Wildman–Crippen LogP) is 7.00. The van der Waals surface area contributed by atoms with Crippen molar-refractivity contribution in [1.29, 1.82) is 0 Å². The molecule has 0 N–H and O–H groups in total. The highest BCUT2D eigenvalue weighted by Gasteiger charge is 2.39. The van der Waals surface area contributed by atoms with Gasteiger partial charge in [0, 0.05) is 17.7 Å². The molecule has 0 bridgehead atoms. The third kappa shape index (κ3) is 3.80. The van der Waals surface area contributed by atoms with Gasteiger partial charge in [0.15, 0.2) is 17.5 Å². The average molecular weight is 417 g/mol. The van der Waals surface area contributed by atoms with Gasteiger partial charge in [-0.15, -0.1) is 0 Å². The lowest BCUT2D eigenvalue weighted by atomic mass is 10.0. The first kappa shape index (κ1) is 20.1. The standard InChI is InChI=1S/C20H11ClF6O/c1-10-2-4-11(5-3-10)13-6-7-14(17(21)18(13)24)20(26,27)28-12-8-15(22)19(25)16(23)9-12/h2-9H,1H3. The van der Waals surface area contributed by atoms with Gasteiger partial charge in [-0.1, -0.05) is 47.5 Å². The van der Waals surface area contributed by atoms with Crippen molar-refractivity contribution in [1.82, 2.24) is 0 Å². The Hall–Kier alpha value is -2.67. The van der Waals surface area contributed by atoms with Crippen molar-refractivity contribution in [3.63, 3.8) is 0 Å². The van der Waals surface area contributed by atoms with Gasteiger partial charge >= 0.3 is 6.11 Å². The summed E-state index contributed by atoms with van der Waals surface area (Å²) in [6.07, 6.45) is -4.24. The minimum Gasteiger partial charge on any atom is -0.429 e. The van der Waals surface area contributed by atoms with Crippen molar-refractivity contribution in [3.05, 3.63) is 87.9 Å². The van der Waals surface area contributed by atoms with Gasteiger partial charge in [-0.2, -0.15) is 8.78 Å². The summed E-state index contributed by atoms with van der Waals surface area (Å²) in [6.45, 7) is 1.83. The van der Waals surface area contributed by atoms with Gasteiger partial charge in [-0.3, -0.25) is 0 Å². The first-order valence-corrected chi connectivity index (χ1v) is 8.25. The zero-order chi connectivity index (χ0) is 20.6. The molecule has 0 fully saturated rings. The first-order valence-electron chi connectivity index (χ1n) is 7.87. The van der Waals surface area contributed by atoms with Crippen LogP contribution in [-0.4, -0.2) is 0 Å². The monoisotopic (exact) mass is 416 g/mol. The van der Waals surface area contributed by atoms with E-state index in [1.165, 1.54) is 0 Å². The lowest BCUT2D eigenvalue weighted by Gasteiger charge is -2.20. The molecule has 146 valence electrons. The molecule has 0 saturated carbocycles. The van der Waals surface area contributed by atoms with E-state index in [9.17, 15) is 26.3 Å². The fourth-order valence-electron chi connectivity index (χ4n) is 2.52. The number of benzene rings is 3. The molecule has 0 saturated heterocycles. The van der Waals surface area contributed by atoms with Crippen molar-refractivity contribution in [2.75, 3.05) is 0 Å². The molecule has 0 atom stereocenters. The minimum absolute atomic E-state index is 0.0107. The second-order valence-corrected chi connectivity index (χ2v) is 6.35. The molecule has 0 aliphatic rings. The summed E-state index contributed by atoms with van der Waals surface area (Å²) in [5, 5.41) is -0.911. The van der Waals surface area contributed by atoms with Crippen LogP contribution in [0.3, 0.4) is 0 Å². The van der Waals surface area contributed by atoms with E-state index in [2.05, 4.69) is 4.74 Å². The van der Waals surface area contributed by atoms with Gasteiger partial charge in [0.25, 0.3) is 0 Å². The fraction of sp³-hybridized carbons (Fsp3) is 0.100. The molecule has 0 heterocycles. The molecule has 28 heavy (non-hydrogen) atoms. The maximum atomic E-state index is 14.6. The number of aryl methyl sites for hydroxylation is 1. The quantitative estimate of drug-likeness (QED) is 0.328. The molecule has 3 aromatic rings. The molecule has 3 aromatic carbocycles. The minimum atomic E-state index is -4.24. The predicted molar refractivity (Wildman–Crippen MR) is 92.4 cm³/mol. The highest BCUT2D eigenvalue weighted by Crippen LogP contribution is 2.40. The van der Waals surface area contributed by atoms with E-state index in [1.54, 1.807) is 24.3 Å². The molecular weight excluding hydrogens is 406 g/mol. The van der Waals surface area contributed by atoms with Crippen LogP contribution < -0.4 is 4.74 Å². The third-order valence-electron chi connectivity index (χ3n) is 3.96. The van der Waals surface area contributed by atoms with E-state index in [1.807, 2.05) is 6.92 Å². The number of halogens is 7. The van der Waals surface area contributed by atoms with Crippen molar-refractivity contribution in [3.8, 4) is 16.9 Å². The van der Waals surface area contributed by atoms with E-state index >= 15 is 0 Å². The van der Waals surface area contributed by atoms with Crippen LogP contribution in [0.4, 0.5) is 26.3 Å². The van der Waals surface area contributed by atoms with Crippen LogP contribution in [0.25, 0.3) is 11.1 Å². The van der Waals surface area contributed by atoms with Crippen LogP contribution in [0.5, 0.6) is 5.75 Å². The molecule has 0 unspecified atom stereocenters. The Labute approximate surface area is 161 Å². The second-order valence-electron chi connectivity index (χ2n) is 5.97. The lowest BCUT2D eigenvalue weighted by molar-refractivity contribution is -0.185. The van der Waals surface area contributed by atoms with Crippen molar-refractivity contribution >= 4 is 11.6 Å². The van der Waals surface area contributed by atoms with Crippen LogP contribution in [0.15, 0.2) is 48.5 Å². The molecule has 0 aliphatic carbocycles. The highest BCUT2D eigenvalue weighted by atomic mass is 35.5. The van der Waals surface area contributed by atoms with E-state index in [4.69, 9.17) is 11.6 Å². The average Bonchev–Trinajstić information content (AvgIpc) is 2.62. The topological polar surface area (TPSA) is 9.23 Å². The van der Waals surface area contributed by atoms with Gasteiger partial charge < -0.3 is 4.74 Å². The Morgan fingerprint density at radius 2 is 1.39 bits per heavy atom. The van der Waals surface area contributed by atoms with Gasteiger partial charge in [-0.05, 0) is 18.6 Å². The lowest BCUT2D eigenvalue weighted by Crippen LogP contribution is -2.23. The summed E-state index contributed by atoms with van der Waals surface area (Å²) in [7, 11) is 0. The number of hydrogen-bond acceptors (Lipinski definition) is 1. The zero-order valence-corrected chi connectivity index (χ0v) is 14.9. The molecule has 8 heteroatoms. The molecular formula is C20H11ClF6O. The van der Waals surface area contributed by atoms with Gasteiger partial charge in [0.1, 0.15) is 11.6 Å². The number of rotatable bonds is 4. The maximum absolute atomic E-state index is 14.6. The number of alkyl halides is 2. The zero-order valence-electron chi connectivity index (χ0n) is 14.2. The molecule has 0 radical (unpaired) electrons. The van der Waals surface area contributed by atoms with E-state index in [-0.39, 0.29) is 17.7 Å². The summed E-state index contributed by atoms with van der Waals surface area (Å²) >= 11 is 5.77. The van der Waals surface area contributed by atoms with Gasteiger partial charge in [0.05, 0.1) is 10.6 Å². The maximum Gasteiger partial charge on any atom is 0.428 e. The van der Waals surface area contributed by atoms with E-state index in [0.717, 1.165) is 17.7 Å². The van der Waals surface area contributed by atoms with Gasteiger partial charge in [-0.25, -0.2) is 17.6 Å². The van der Waals surface area contributed by atoms with Crippen LogP contribution in [0.1, 0.15) is 11.1 Å². The first-order chi connectivity index (χ1) is 13.1. The van der Waals surface area contributed by atoms with E-state index in [0.29, 0.717) is 5.56 Å². The Bertz CT molecular complexity index is 1010. The summed E-state index contributed by atoms with van der Waals surface area (Å²) in [5.41, 5.74) is 0.283. The van der Waals surface area contributed by atoms with Gasteiger partial charge in [0.2, 0.25) is 0 Å². The van der Waals surface area contributed by atoms with E-state index < -0.39 is 45.7 Å². The highest BCUT2D eigenvalue weighted by molar-refractivity contribution is 6.32. The second kappa shape index (κ2) is 7.39. The molecule has 0 aromatic heterocycles. The van der Waals surface area contributed by atoms with Crippen molar-refractivity contribution < 1.29 is 31.1 Å². The van der Waals surface area contributed by atoms with Crippen molar-refractivity contribution in [2.24, 2.45) is 0 Å². The summed E-state index contributed by atoms with van der Waals surface area (Å²) < 4.78 is 87.1. The summed E-state index contributed by atoms with van der Waals surface area (Å²) in [5.74, 6) is -7.35. The van der Waals surface area contributed by atoms with Crippen LogP contribution in [0.2, 0.25) is 5.02 Å². The molecule has 0 aliphatic heterocycles. The SMILES string of the molecule is Cc1ccc(-c2ccc(C(F)(F)Oc3cc(F)c(F)c(F)c3)c(Cl)c2F)cc1. The largest absolute Gasteiger partial charge is 0.429 e. The van der Waals surface area contributed by atoms with Crippen molar-refractivity contribution in [2.45, 2.75) is 13.0 Å². The van der Waals surface area contributed by atoms with Crippen LogP contribution in [-0.2, 0) is 6.11 Å².